The first-order valence-corrected chi connectivity index (χ1v) is 8.22. The summed E-state index contributed by atoms with van der Waals surface area (Å²) < 4.78 is 27.4. The highest BCUT2D eigenvalue weighted by atomic mass is 32.2. The van der Waals surface area contributed by atoms with Gasteiger partial charge in [0.15, 0.2) is 0 Å². The van der Waals surface area contributed by atoms with E-state index in [2.05, 4.69) is 4.72 Å². The van der Waals surface area contributed by atoms with Crippen LogP contribution in [0.25, 0.3) is 0 Å². The minimum absolute atomic E-state index is 0.0198. The van der Waals surface area contributed by atoms with E-state index in [9.17, 15) is 8.42 Å². The summed E-state index contributed by atoms with van der Waals surface area (Å²) in [5, 5.41) is 0. The smallest absolute Gasteiger partial charge is 0.240 e. The average Bonchev–Trinajstić information content (AvgIpc) is 2.35. The lowest BCUT2D eigenvalue weighted by Crippen LogP contribution is -2.40. The number of nitrogens with one attached hydrogen (secondary N) is 1. The molecule has 1 aliphatic rings. The Kier molecular flexibility index (Phi) is 4.28. The largest absolute Gasteiger partial charge is 0.328 e. The maximum atomic E-state index is 12.3. The number of rotatable bonds is 3. The van der Waals surface area contributed by atoms with Crippen LogP contribution in [0.15, 0.2) is 23.1 Å². The summed E-state index contributed by atoms with van der Waals surface area (Å²) in [5.41, 5.74) is 7.92. The van der Waals surface area contributed by atoms with Gasteiger partial charge in [0, 0.05) is 12.1 Å². The molecule has 19 heavy (non-hydrogen) atoms. The van der Waals surface area contributed by atoms with Crippen molar-refractivity contribution in [1.82, 2.24) is 4.72 Å². The molecule has 1 saturated carbocycles. The topological polar surface area (TPSA) is 72.2 Å². The fourth-order valence-electron chi connectivity index (χ4n) is 2.41. The summed E-state index contributed by atoms with van der Waals surface area (Å²) >= 11 is 0. The molecule has 2 rings (SSSR count). The zero-order valence-corrected chi connectivity index (χ0v) is 12.3. The van der Waals surface area contributed by atoms with Crippen molar-refractivity contribution in [1.29, 1.82) is 0 Å². The first-order chi connectivity index (χ1) is 8.88. The monoisotopic (exact) mass is 282 g/mol. The second kappa shape index (κ2) is 5.61. The van der Waals surface area contributed by atoms with Crippen molar-refractivity contribution in [3.8, 4) is 0 Å². The predicted molar refractivity (Wildman–Crippen MR) is 76.5 cm³/mol. The van der Waals surface area contributed by atoms with E-state index in [0.717, 1.165) is 36.8 Å². The first kappa shape index (κ1) is 14.5. The van der Waals surface area contributed by atoms with Crippen LogP contribution < -0.4 is 10.5 Å². The van der Waals surface area contributed by atoms with Crippen LogP contribution in [0, 0.1) is 13.8 Å². The third-order valence-electron chi connectivity index (χ3n) is 3.88. The first-order valence-electron chi connectivity index (χ1n) is 6.73. The highest BCUT2D eigenvalue weighted by Crippen LogP contribution is 2.20. The van der Waals surface area contributed by atoms with Crippen molar-refractivity contribution >= 4 is 10.0 Å². The number of sulfonamides is 1. The molecule has 4 nitrogen and oxygen atoms in total. The van der Waals surface area contributed by atoms with Gasteiger partial charge in [0.2, 0.25) is 10.0 Å². The Labute approximate surface area is 115 Å². The van der Waals surface area contributed by atoms with E-state index in [-0.39, 0.29) is 12.1 Å². The van der Waals surface area contributed by atoms with E-state index in [1.165, 1.54) is 0 Å². The molecule has 1 aliphatic carbocycles. The molecule has 3 N–H and O–H groups in total. The lowest BCUT2D eigenvalue weighted by molar-refractivity contribution is 0.373. The highest BCUT2D eigenvalue weighted by Gasteiger charge is 2.24. The third-order valence-corrected chi connectivity index (χ3v) is 5.40. The molecule has 0 saturated heterocycles. The molecular weight excluding hydrogens is 260 g/mol. The van der Waals surface area contributed by atoms with Crippen molar-refractivity contribution in [3.63, 3.8) is 0 Å². The predicted octanol–water partition coefficient (Wildman–Crippen LogP) is 1.85. The number of aryl methyl sites for hydroxylation is 2. The van der Waals surface area contributed by atoms with Gasteiger partial charge in [0.05, 0.1) is 4.90 Å². The SMILES string of the molecule is Cc1ccc(S(=O)(=O)NC2CCC(N)CC2)cc1C. The minimum Gasteiger partial charge on any atom is -0.328 e. The van der Waals surface area contributed by atoms with Crippen LogP contribution >= 0.6 is 0 Å². The highest BCUT2D eigenvalue weighted by molar-refractivity contribution is 7.89. The molecule has 0 unspecified atom stereocenters. The zero-order chi connectivity index (χ0) is 14.0. The van der Waals surface area contributed by atoms with Crippen LogP contribution in [0.1, 0.15) is 36.8 Å². The van der Waals surface area contributed by atoms with Crippen LogP contribution in [0.4, 0.5) is 0 Å². The number of nitrogens with two attached hydrogens (primary N) is 1. The zero-order valence-electron chi connectivity index (χ0n) is 11.5. The minimum atomic E-state index is -3.41. The quantitative estimate of drug-likeness (QED) is 0.888. The standard InChI is InChI=1S/C14H22N2O2S/c1-10-3-8-14(9-11(10)2)19(17,18)16-13-6-4-12(15)5-7-13/h3,8-9,12-13,16H,4-7,15H2,1-2H3. The number of hydrogen-bond acceptors (Lipinski definition) is 3. The van der Waals surface area contributed by atoms with E-state index < -0.39 is 10.0 Å². The van der Waals surface area contributed by atoms with E-state index >= 15 is 0 Å². The lowest BCUT2D eigenvalue weighted by Gasteiger charge is -2.26. The third kappa shape index (κ3) is 3.55. The summed E-state index contributed by atoms with van der Waals surface area (Å²) in [6.07, 6.45) is 3.43. The Morgan fingerprint density at radius 1 is 1.11 bits per heavy atom. The molecule has 106 valence electrons. The molecular formula is C14H22N2O2S. The molecule has 0 spiro atoms. The molecule has 0 radical (unpaired) electrons. The van der Waals surface area contributed by atoms with Gasteiger partial charge in [-0.05, 0) is 62.8 Å². The second-order valence-corrected chi connectivity index (χ2v) is 7.19. The second-order valence-electron chi connectivity index (χ2n) is 5.48. The maximum absolute atomic E-state index is 12.3. The van der Waals surface area contributed by atoms with Crippen LogP contribution in [0.2, 0.25) is 0 Å². The summed E-state index contributed by atoms with van der Waals surface area (Å²) in [4.78, 5) is 0.352. The molecule has 0 aliphatic heterocycles. The van der Waals surface area contributed by atoms with E-state index in [4.69, 9.17) is 5.73 Å². The summed E-state index contributed by atoms with van der Waals surface area (Å²) in [5.74, 6) is 0. The molecule has 1 fully saturated rings. The van der Waals surface area contributed by atoms with Gasteiger partial charge in [0.1, 0.15) is 0 Å². The van der Waals surface area contributed by atoms with Crippen molar-refractivity contribution in [2.75, 3.05) is 0 Å². The van der Waals surface area contributed by atoms with Gasteiger partial charge < -0.3 is 5.73 Å². The number of hydrogen-bond donors (Lipinski definition) is 2. The Morgan fingerprint density at radius 2 is 1.74 bits per heavy atom. The summed E-state index contributed by atoms with van der Waals surface area (Å²) in [6, 6.07) is 5.49. The molecule has 5 heteroatoms. The van der Waals surface area contributed by atoms with Gasteiger partial charge in [-0.25, -0.2) is 13.1 Å². The summed E-state index contributed by atoms with van der Waals surface area (Å²) in [7, 11) is -3.41. The van der Waals surface area contributed by atoms with Crippen LogP contribution in [-0.2, 0) is 10.0 Å². The fourth-order valence-corrected chi connectivity index (χ4v) is 3.80. The van der Waals surface area contributed by atoms with Crippen LogP contribution in [0.3, 0.4) is 0 Å². The molecule has 0 atom stereocenters. The van der Waals surface area contributed by atoms with Crippen molar-refractivity contribution in [3.05, 3.63) is 29.3 Å². The van der Waals surface area contributed by atoms with Gasteiger partial charge in [-0.2, -0.15) is 0 Å². The Balaban J connectivity index is 2.11. The molecule has 0 amide bonds. The normalized spacial score (nSPS) is 24.4. The van der Waals surface area contributed by atoms with E-state index in [1.54, 1.807) is 12.1 Å². The average molecular weight is 282 g/mol. The van der Waals surface area contributed by atoms with Crippen LogP contribution in [0.5, 0.6) is 0 Å². The van der Waals surface area contributed by atoms with Gasteiger partial charge >= 0.3 is 0 Å². The van der Waals surface area contributed by atoms with Gasteiger partial charge in [-0.3, -0.25) is 0 Å². The molecule has 0 heterocycles. The summed E-state index contributed by atoms with van der Waals surface area (Å²) in [6.45, 7) is 3.90. The molecule has 1 aromatic rings. The Bertz CT molecular complexity index is 547. The molecule has 1 aromatic carbocycles. The fraction of sp³-hybridized carbons (Fsp3) is 0.571. The van der Waals surface area contributed by atoms with Crippen molar-refractivity contribution < 1.29 is 8.42 Å². The van der Waals surface area contributed by atoms with E-state index in [1.807, 2.05) is 19.9 Å². The van der Waals surface area contributed by atoms with Gasteiger partial charge in [0.25, 0.3) is 0 Å². The lowest BCUT2D eigenvalue weighted by atomic mass is 9.93. The molecule has 0 bridgehead atoms. The van der Waals surface area contributed by atoms with E-state index in [0.29, 0.717) is 4.90 Å². The van der Waals surface area contributed by atoms with Crippen molar-refractivity contribution in [2.24, 2.45) is 5.73 Å². The number of benzene rings is 1. The molecule has 0 aromatic heterocycles. The Hall–Kier alpha value is -0.910. The van der Waals surface area contributed by atoms with Crippen LogP contribution in [-0.4, -0.2) is 20.5 Å². The maximum Gasteiger partial charge on any atom is 0.240 e. The Morgan fingerprint density at radius 3 is 2.32 bits per heavy atom. The van der Waals surface area contributed by atoms with Crippen molar-refractivity contribution in [2.45, 2.75) is 56.5 Å². The van der Waals surface area contributed by atoms with Gasteiger partial charge in [-0.15, -0.1) is 0 Å². The van der Waals surface area contributed by atoms with Gasteiger partial charge in [-0.1, -0.05) is 6.07 Å².